The molecule has 96 valence electrons. The molecule has 2 atom stereocenters. The number of aromatic nitrogens is 2. The van der Waals surface area contributed by atoms with Crippen molar-refractivity contribution < 1.29 is 4.74 Å². The third-order valence-corrected chi connectivity index (χ3v) is 2.96. The van der Waals surface area contributed by atoms with Crippen LogP contribution in [0.25, 0.3) is 0 Å². The molecule has 0 radical (unpaired) electrons. The average molecular weight is 237 g/mol. The minimum Gasteiger partial charge on any atom is -0.371 e. The minimum absolute atomic E-state index is 0.0117. The summed E-state index contributed by atoms with van der Waals surface area (Å²) in [7, 11) is 1.94. The van der Waals surface area contributed by atoms with Crippen LogP contribution in [-0.2, 0) is 4.74 Å². The van der Waals surface area contributed by atoms with E-state index in [-0.39, 0.29) is 12.1 Å². The van der Waals surface area contributed by atoms with E-state index in [4.69, 9.17) is 4.74 Å². The van der Waals surface area contributed by atoms with Crippen LogP contribution in [0.4, 0.5) is 0 Å². The third kappa shape index (κ3) is 3.48. The van der Waals surface area contributed by atoms with E-state index in [1.165, 1.54) is 0 Å². The highest BCUT2D eigenvalue weighted by molar-refractivity contribution is 5.20. The Hall–Kier alpha value is -1.00. The second kappa shape index (κ2) is 6.67. The summed E-state index contributed by atoms with van der Waals surface area (Å²) < 4.78 is 5.62. The second-order valence-corrected chi connectivity index (χ2v) is 4.13. The molecule has 1 N–H and O–H groups in total. The van der Waals surface area contributed by atoms with Crippen LogP contribution >= 0.6 is 0 Å². The van der Waals surface area contributed by atoms with E-state index in [1.807, 2.05) is 27.1 Å². The van der Waals surface area contributed by atoms with Gasteiger partial charge in [-0.2, -0.15) is 0 Å². The Morgan fingerprint density at radius 2 is 2.12 bits per heavy atom. The molecule has 0 fully saturated rings. The molecule has 17 heavy (non-hydrogen) atoms. The normalized spacial score (nSPS) is 14.6. The van der Waals surface area contributed by atoms with Gasteiger partial charge in [0.2, 0.25) is 0 Å². The first-order valence-corrected chi connectivity index (χ1v) is 6.26. The third-order valence-electron chi connectivity index (χ3n) is 2.96. The number of ether oxygens (including phenoxy) is 1. The Balaban J connectivity index is 2.94. The Morgan fingerprint density at radius 3 is 2.59 bits per heavy atom. The second-order valence-electron chi connectivity index (χ2n) is 4.13. The maximum absolute atomic E-state index is 5.62. The summed E-state index contributed by atoms with van der Waals surface area (Å²) in [6, 6.07) is 0.274. The number of hydrogen-bond acceptors (Lipinski definition) is 4. The van der Waals surface area contributed by atoms with Crippen molar-refractivity contribution in [3.05, 3.63) is 23.3 Å². The maximum Gasteiger partial charge on any atom is 0.157 e. The summed E-state index contributed by atoms with van der Waals surface area (Å²) in [5, 5.41) is 3.20. The van der Waals surface area contributed by atoms with Gasteiger partial charge < -0.3 is 10.1 Å². The van der Waals surface area contributed by atoms with Crippen molar-refractivity contribution in [2.24, 2.45) is 0 Å². The largest absolute Gasteiger partial charge is 0.371 e. The number of rotatable bonds is 6. The highest BCUT2D eigenvalue weighted by Crippen LogP contribution is 2.20. The van der Waals surface area contributed by atoms with Crippen molar-refractivity contribution in [1.82, 2.24) is 15.3 Å². The molecule has 0 aliphatic carbocycles. The molecule has 0 spiro atoms. The number of hydrogen-bond donors (Lipinski definition) is 1. The van der Waals surface area contributed by atoms with Crippen LogP contribution in [0.1, 0.15) is 56.4 Å². The van der Waals surface area contributed by atoms with Gasteiger partial charge in [-0.15, -0.1) is 0 Å². The molecule has 1 rings (SSSR count). The van der Waals surface area contributed by atoms with E-state index in [2.05, 4.69) is 29.1 Å². The fraction of sp³-hybridized carbons (Fsp3) is 0.692. The average Bonchev–Trinajstić information content (AvgIpc) is 2.35. The molecule has 0 saturated heterocycles. The minimum atomic E-state index is 0.0117. The number of aryl methyl sites for hydroxylation is 1. The highest BCUT2D eigenvalue weighted by atomic mass is 16.5. The van der Waals surface area contributed by atoms with Crippen molar-refractivity contribution >= 4 is 0 Å². The molecule has 0 aliphatic heterocycles. The topological polar surface area (TPSA) is 47.0 Å². The Kier molecular flexibility index (Phi) is 5.51. The van der Waals surface area contributed by atoms with E-state index in [1.54, 1.807) is 0 Å². The summed E-state index contributed by atoms with van der Waals surface area (Å²) in [6.45, 7) is 8.89. The SMILES string of the molecule is CCOC(CC)c1ncc(C(C)NC)c(C)n1. The first-order valence-electron chi connectivity index (χ1n) is 6.26. The van der Waals surface area contributed by atoms with Gasteiger partial charge in [-0.05, 0) is 34.2 Å². The first kappa shape index (κ1) is 14.1. The molecule has 1 heterocycles. The zero-order valence-corrected chi connectivity index (χ0v) is 11.4. The van der Waals surface area contributed by atoms with Crippen LogP contribution in [0.2, 0.25) is 0 Å². The molecule has 1 aromatic rings. The first-order chi connectivity index (χ1) is 8.13. The summed E-state index contributed by atoms with van der Waals surface area (Å²) in [6.07, 6.45) is 2.81. The summed E-state index contributed by atoms with van der Waals surface area (Å²) in [5.41, 5.74) is 2.16. The lowest BCUT2D eigenvalue weighted by molar-refractivity contribution is 0.0533. The molecule has 0 aliphatic rings. The molecular weight excluding hydrogens is 214 g/mol. The van der Waals surface area contributed by atoms with E-state index >= 15 is 0 Å². The van der Waals surface area contributed by atoms with Crippen LogP contribution < -0.4 is 5.32 Å². The van der Waals surface area contributed by atoms with Crippen LogP contribution in [0, 0.1) is 6.92 Å². The van der Waals surface area contributed by atoms with E-state index in [9.17, 15) is 0 Å². The van der Waals surface area contributed by atoms with Crippen molar-refractivity contribution in [3.8, 4) is 0 Å². The van der Waals surface area contributed by atoms with Gasteiger partial charge in [-0.1, -0.05) is 6.92 Å². The van der Waals surface area contributed by atoms with Crippen molar-refractivity contribution in [3.63, 3.8) is 0 Å². The Morgan fingerprint density at radius 1 is 1.41 bits per heavy atom. The molecule has 0 amide bonds. The predicted molar refractivity (Wildman–Crippen MR) is 68.9 cm³/mol. The Labute approximate surface area is 104 Å². The van der Waals surface area contributed by atoms with Crippen LogP contribution in [0.15, 0.2) is 6.20 Å². The monoisotopic (exact) mass is 237 g/mol. The highest BCUT2D eigenvalue weighted by Gasteiger charge is 2.15. The van der Waals surface area contributed by atoms with Gasteiger partial charge in [-0.3, -0.25) is 0 Å². The fourth-order valence-electron chi connectivity index (χ4n) is 1.81. The van der Waals surface area contributed by atoms with Gasteiger partial charge in [0.1, 0.15) is 6.10 Å². The van der Waals surface area contributed by atoms with Crippen LogP contribution in [0.3, 0.4) is 0 Å². The molecular formula is C13H23N3O. The van der Waals surface area contributed by atoms with Crippen LogP contribution in [0.5, 0.6) is 0 Å². The van der Waals surface area contributed by atoms with Gasteiger partial charge in [0.25, 0.3) is 0 Å². The van der Waals surface area contributed by atoms with Gasteiger partial charge in [0.05, 0.1) is 0 Å². The van der Waals surface area contributed by atoms with Gasteiger partial charge in [-0.25, -0.2) is 9.97 Å². The zero-order chi connectivity index (χ0) is 12.8. The molecule has 4 nitrogen and oxygen atoms in total. The van der Waals surface area contributed by atoms with Gasteiger partial charge in [0, 0.05) is 30.1 Å². The summed E-state index contributed by atoms with van der Waals surface area (Å²) in [4.78, 5) is 8.98. The van der Waals surface area contributed by atoms with Gasteiger partial charge >= 0.3 is 0 Å². The lowest BCUT2D eigenvalue weighted by Crippen LogP contribution is -2.16. The van der Waals surface area contributed by atoms with E-state index in [0.717, 1.165) is 23.5 Å². The lowest BCUT2D eigenvalue weighted by atomic mass is 10.1. The van der Waals surface area contributed by atoms with Crippen LogP contribution in [-0.4, -0.2) is 23.6 Å². The van der Waals surface area contributed by atoms with E-state index in [0.29, 0.717) is 6.61 Å². The number of nitrogens with one attached hydrogen (secondary N) is 1. The maximum atomic E-state index is 5.62. The molecule has 1 aromatic heterocycles. The molecule has 0 bridgehead atoms. The fourth-order valence-corrected chi connectivity index (χ4v) is 1.81. The summed E-state index contributed by atoms with van der Waals surface area (Å²) >= 11 is 0. The molecule has 0 aromatic carbocycles. The van der Waals surface area contributed by atoms with Crippen molar-refractivity contribution in [2.45, 2.75) is 46.3 Å². The lowest BCUT2D eigenvalue weighted by Gasteiger charge is -2.17. The zero-order valence-electron chi connectivity index (χ0n) is 11.4. The summed E-state index contributed by atoms with van der Waals surface area (Å²) in [5.74, 6) is 0.791. The molecule has 0 saturated carbocycles. The standard InChI is InChI=1S/C13H23N3O/c1-6-12(17-7-2)13-15-8-11(9(3)14-5)10(4)16-13/h8-9,12,14H,6-7H2,1-5H3. The quantitative estimate of drug-likeness (QED) is 0.826. The van der Waals surface area contributed by atoms with E-state index < -0.39 is 0 Å². The predicted octanol–water partition coefficient (Wildman–Crippen LogP) is 2.55. The molecule has 4 heteroatoms. The van der Waals surface area contributed by atoms with Gasteiger partial charge in [0.15, 0.2) is 5.82 Å². The smallest absolute Gasteiger partial charge is 0.157 e. The van der Waals surface area contributed by atoms with Crippen molar-refractivity contribution in [2.75, 3.05) is 13.7 Å². The molecule has 2 unspecified atom stereocenters. The number of nitrogens with zero attached hydrogens (tertiary/aromatic N) is 2. The van der Waals surface area contributed by atoms with Crippen molar-refractivity contribution in [1.29, 1.82) is 0 Å². The Bertz CT molecular complexity index is 355.